The van der Waals surface area contributed by atoms with Crippen LogP contribution in [0.4, 0.5) is 0 Å². The van der Waals surface area contributed by atoms with E-state index in [1.54, 1.807) is 24.6 Å². The summed E-state index contributed by atoms with van der Waals surface area (Å²) in [5.41, 5.74) is 1.01. The van der Waals surface area contributed by atoms with Gasteiger partial charge in [0, 0.05) is 28.6 Å². The highest BCUT2D eigenvalue weighted by molar-refractivity contribution is 7.10. The molecular formula is C12H12ClNOS. The summed E-state index contributed by atoms with van der Waals surface area (Å²) in [6.07, 6.45) is 2.53. The lowest BCUT2D eigenvalue weighted by molar-refractivity contribution is 0.416. The molecule has 1 atom stereocenters. The van der Waals surface area contributed by atoms with Gasteiger partial charge in [-0.2, -0.15) is 0 Å². The van der Waals surface area contributed by atoms with Gasteiger partial charge < -0.3 is 4.74 Å². The molecule has 0 aromatic carbocycles. The number of methoxy groups -OCH3 is 1. The fraction of sp³-hybridized carbons (Fsp3) is 0.250. The Labute approximate surface area is 104 Å². The van der Waals surface area contributed by atoms with Gasteiger partial charge in [0.15, 0.2) is 0 Å². The highest BCUT2D eigenvalue weighted by atomic mass is 35.5. The first-order valence-electron chi connectivity index (χ1n) is 4.96. The molecule has 16 heavy (non-hydrogen) atoms. The van der Waals surface area contributed by atoms with Crippen LogP contribution >= 0.6 is 22.9 Å². The molecule has 0 aliphatic rings. The van der Waals surface area contributed by atoms with E-state index in [0.717, 1.165) is 22.7 Å². The fourth-order valence-electron chi connectivity index (χ4n) is 1.41. The van der Waals surface area contributed by atoms with Crippen LogP contribution in [0.25, 0.3) is 0 Å². The Balaban J connectivity index is 2.05. The summed E-state index contributed by atoms with van der Waals surface area (Å²) in [6.45, 7) is 0. The summed E-state index contributed by atoms with van der Waals surface area (Å²) in [4.78, 5) is 5.38. The molecule has 0 amide bonds. The van der Waals surface area contributed by atoms with Crippen LogP contribution in [0.3, 0.4) is 0 Å². The van der Waals surface area contributed by atoms with Crippen molar-refractivity contribution in [3.05, 3.63) is 46.4 Å². The number of rotatable bonds is 4. The summed E-state index contributed by atoms with van der Waals surface area (Å²) in [7, 11) is 1.66. The zero-order valence-corrected chi connectivity index (χ0v) is 10.5. The van der Waals surface area contributed by atoms with Gasteiger partial charge in [0.05, 0.1) is 12.5 Å². The van der Waals surface area contributed by atoms with E-state index in [-0.39, 0.29) is 5.38 Å². The predicted octanol–water partition coefficient (Wildman–Crippen LogP) is 3.67. The van der Waals surface area contributed by atoms with Crippen molar-refractivity contribution >= 4 is 22.9 Å². The number of ether oxygens (including phenoxy) is 1. The molecule has 0 saturated carbocycles. The van der Waals surface area contributed by atoms with Gasteiger partial charge in [-0.25, -0.2) is 0 Å². The maximum atomic E-state index is 6.33. The number of pyridine rings is 1. The maximum absolute atomic E-state index is 6.33. The van der Waals surface area contributed by atoms with Gasteiger partial charge in [-0.1, -0.05) is 6.07 Å². The van der Waals surface area contributed by atoms with Gasteiger partial charge >= 0.3 is 0 Å². The van der Waals surface area contributed by atoms with E-state index in [1.165, 1.54) is 0 Å². The summed E-state index contributed by atoms with van der Waals surface area (Å²) in [5.74, 6) is 0.867. The van der Waals surface area contributed by atoms with Crippen molar-refractivity contribution in [1.29, 1.82) is 0 Å². The lowest BCUT2D eigenvalue weighted by Crippen LogP contribution is -1.95. The SMILES string of the molecule is COc1csc(C(Cl)Cc2ccccn2)c1. The van der Waals surface area contributed by atoms with E-state index in [9.17, 15) is 0 Å². The highest BCUT2D eigenvalue weighted by Gasteiger charge is 2.12. The predicted molar refractivity (Wildman–Crippen MR) is 67.4 cm³/mol. The monoisotopic (exact) mass is 253 g/mol. The summed E-state index contributed by atoms with van der Waals surface area (Å²) >= 11 is 7.94. The third kappa shape index (κ3) is 2.74. The normalized spacial score (nSPS) is 12.4. The molecule has 2 rings (SSSR count). The summed E-state index contributed by atoms with van der Waals surface area (Å²) in [5, 5.41) is 1.92. The molecule has 2 nitrogen and oxygen atoms in total. The van der Waals surface area contributed by atoms with Gasteiger partial charge in [0.25, 0.3) is 0 Å². The number of thiophene rings is 1. The maximum Gasteiger partial charge on any atom is 0.129 e. The van der Waals surface area contributed by atoms with E-state index >= 15 is 0 Å². The second-order valence-corrected chi connectivity index (χ2v) is 4.85. The molecule has 0 N–H and O–H groups in total. The van der Waals surface area contributed by atoms with Gasteiger partial charge in [0.2, 0.25) is 0 Å². The molecule has 0 saturated heterocycles. The third-order valence-electron chi connectivity index (χ3n) is 2.25. The first kappa shape index (κ1) is 11.4. The van der Waals surface area contributed by atoms with Crippen LogP contribution in [0.1, 0.15) is 15.9 Å². The molecule has 0 aliphatic carbocycles. The Hall–Kier alpha value is -1.06. The molecule has 2 heterocycles. The Morgan fingerprint density at radius 2 is 2.38 bits per heavy atom. The van der Waals surface area contributed by atoms with Crippen molar-refractivity contribution in [2.75, 3.05) is 7.11 Å². The van der Waals surface area contributed by atoms with Crippen molar-refractivity contribution < 1.29 is 4.74 Å². The largest absolute Gasteiger partial charge is 0.496 e. The van der Waals surface area contributed by atoms with E-state index < -0.39 is 0 Å². The van der Waals surface area contributed by atoms with Crippen molar-refractivity contribution in [3.8, 4) is 5.75 Å². The quantitative estimate of drug-likeness (QED) is 0.776. The minimum absolute atomic E-state index is 0.0381. The minimum atomic E-state index is -0.0381. The first-order chi connectivity index (χ1) is 7.79. The number of alkyl halides is 1. The third-order valence-corrected chi connectivity index (χ3v) is 3.80. The molecule has 84 valence electrons. The average Bonchev–Trinajstić information content (AvgIpc) is 2.79. The number of aromatic nitrogens is 1. The molecule has 0 fully saturated rings. The molecule has 1 unspecified atom stereocenters. The molecule has 2 aromatic rings. The fourth-order valence-corrected chi connectivity index (χ4v) is 2.62. The second kappa shape index (κ2) is 5.32. The second-order valence-electron chi connectivity index (χ2n) is 3.38. The first-order valence-corrected chi connectivity index (χ1v) is 6.27. The van der Waals surface area contributed by atoms with Crippen LogP contribution < -0.4 is 4.74 Å². The minimum Gasteiger partial charge on any atom is -0.496 e. The molecule has 0 aliphatic heterocycles. The van der Waals surface area contributed by atoms with Gasteiger partial charge in [0.1, 0.15) is 5.75 Å². The smallest absolute Gasteiger partial charge is 0.129 e. The molecule has 4 heteroatoms. The molecule has 2 aromatic heterocycles. The molecule has 0 radical (unpaired) electrons. The number of halogens is 1. The molecule has 0 spiro atoms. The summed E-state index contributed by atoms with van der Waals surface area (Å²) < 4.78 is 5.13. The highest BCUT2D eigenvalue weighted by Crippen LogP contribution is 2.32. The zero-order chi connectivity index (χ0) is 11.4. The van der Waals surface area contributed by atoms with Crippen LogP contribution in [0.2, 0.25) is 0 Å². The van der Waals surface area contributed by atoms with Crippen molar-refractivity contribution in [2.45, 2.75) is 11.8 Å². The van der Waals surface area contributed by atoms with Crippen LogP contribution in [-0.4, -0.2) is 12.1 Å². The van der Waals surface area contributed by atoms with Crippen molar-refractivity contribution in [3.63, 3.8) is 0 Å². The standard InChI is InChI=1S/C12H12ClNOS/c1-15-10-7-12(16-8-10)11(13)6-9-4-2-3-5-14-9/h2-5,7-8,11H,6H2,1H3. The number of hydrogen-bond acceptors (Lipinski definition) is 3. The van der Waals surface area contributed by atoms with E-state index in [0.29, 0.717) is 0 Å². The Bertz CT molecular complexity index is 443. The van der Waals surface area contributed by atoms with E-state index in [1.807, 2.05) is 29.6 Å². The van der Waals surface area contributed by atoms with Crippen LogP contribution in [-0.2, 0) is 6.42 Å². The van der Waals surface area contributed by atoms with Gasteiger partial charge in [-0.3, -0.25) is 4.98 Å². The van der Waals surface area contributed by atoms with Crippen molar-refractivity contribution in [2.24, 2.45) is 0 Å². The van der Waals surface area contributed by atoms with Crippen LogP contribution in [0.5, 0.6) is 5.75 Å². The Kier molecular flexibility index (Phi) is 3.80. The lowest BCUT2D eigenvalue weighted by Gasteiger charge is -2.05. The van der Waals surface area contributed by atoms with Crippen LogP contribution in [0, 0.1) is 0 Å². The molecule has 0 bridgehead atoms. The zero-order valence-electron chi connectivity index (χ0n) is 8.89. The average molecular weight is 254 g/mol. The Morgan fingerprint density at radius 1 is 1.50 bits per heavy atom. The van der Waals surface area contributed by atoms with Gasteiger partial charge in [-0.15, -0.1) is 22.9 Å². The van der Waals surface area contributed by atoms with Gasteiger partial charge in [-0.05, 0) is 18.2 Å². The van der Waals surface area contributed by atoms with Crippen molar-refractivity contribution in [1.82, 2.24) is 4.98 Å². The Morgan fingerprint density at radius 3 is 3.00 bits per heavy atom. The van der Waals surface area contributed by atoms with E-state index in [2.05, 4.69) is 4.98 Å². The van der Waals surface area contributed by atoms with Crippen LogP contribution in [0.15, 0.2) is 35.8 Å². The topological polar surface area (TPSA) is 22.1 Å². The summed E-state index contributed by atoms with van der Waals surface area (Å²) in [6, 6.07) is 7.84. The number of nitrogens with zero attached hydrogens (tertiary/aromatic N) is 1. The van der Waals surface area contributed by atoms with E-state index in [4.69, 9.17) is 16.3 Å². The number of hydrogen-bond donors (Lipinski definition) is 0. The lowest BCUT2D eigenvalue weighted by atomic mass is 10.2. The molecular weight excluding hydrogens is 242 g/mol.